The zero-order chi connectivity index (χ0) is 15.0. The van der Waals surface area contributed by atoms with E-state index in [1.165, 1.54) is 16.7 Å². The van der Waals surface area contributed by atoms with Crippen LogP contribution in [0.15, 0.2) is 41.4 Å². The highest BCUT2D eigenvalue weighted by atomic mass is 15.1. The summed E-state index contributed by atoms with van der Waals surface area (Å²) in [6, 6.07) is 12.4. The maximum atomic E-state index is 4.66. The number of imidazole rings is 1. The van der Waals surface area contributed by atoms with E-state index in [0.717, 1.165) is 22.5 Å². The average molecular weight is 277 g/mol. The van der Waals surface area contributed by atoms with Crippen LogP contribution in [0.5, 0.6) is 0 Å². The molecule has 3 heteroatoms. The summed E-state index contributed by atoms with van der Waals surface area (Å²) < 4.78 is 2.07. The zero-order valence-electron chi connectivity index (χ0n) is 12.9. The van der Waals surface area contributed by atoms with Crippen LogP contribution in [0.25, 0.3) is 11.0 Å². The lowest BCUT2D eigenvalue weighted by Crippen LogP contribution is -1.96. The van der Waals surface area contributed by atoms with Gasteiger partial charge in [0.25, 0.3) is 0 Å². The van der Waals surface area contributed by atoms with Gasteiger partial charge in [-0.15, -0.1) is 0 Å². The van der Waals surface area contributed by atoms with Crippen molar-refractivity contribution in [2.45, 2.75) is 20.8 Å². The number of fused-ring (bicyclic) bond motifs is 1. The van der Waals surface area contributed by atoms with Gasteiger partial charge in [-0.3, -0.25) is 4.99 Å². The van der Waals surface area contributed by atoms with Crippen LogP contribution in [0.2, 0.25) is 0 Å². The van der Waals surface area contributed by atoms with Crippen molar-refractivity contribution in [3.05, 3.63) is 58.9 Å². The minimum absolute atomic E-state index is 0.871. The number of para-hydroxylation sites is 2. The normalized spacial score (nSPS) is 11.6. The van der Waals surface area contributed by atoms with E-state index in [9.17, 15) is 0 Å². The number of aromatic nitrogens is 2. The van der Waals surface area contributed by atoms with Gasteiger partial charge in [-0.25, -0.2) is 4.98 Å². The SMILES string of the molecule is Cc1cc(C)c(/N=C/c2nc3ccccc3n2C)c(C)c1. The van der Waals surface area contributed by atoms with Crippen molar-refractivity contribution < 1.29 is 0 Å². The molecule has 21 heavy (non-hydrogen) atoms. The van der Waals surface area contributed by atoms with E-state index in [4.69, 9.17) is 0 Å². The Morgan fingerprint density at radius 1 is 1.05 bits per heavy atom. The molecule has 0 amide bonds. The van der Waals surface area contributed by atoms with Gasteiger partial charge >= 0.3 is 0 Å². The van der Waals surface area contributed by atoms with Crippen LogP contribution in [0, 0.1) is 20.8 Å². The van der Waals surface area contributed by atoms with Gasteiger partial charge in [0.15, 0.2) is 5.82 Å². The van der Waals surface area contributed by atoms with Crippen molar-refractivity contribution in [3.8, 4) is 0 Å². The van der Waals surface area contributed by atoms with E-state index in [2.05, 4.69) is 53.5 Å². The topological polar surface area (TPSA) is 30.2 Å². The van der Waals surface area contributed by atoms with Crippen LogP contribution >= 0.6 is 0 Å². The van der Waals surface area contributed by atoms with Crippen molar-refractivity contribution in [1.82, 2.24) is 9.55 Å². The Balaban J connectivity index is 2.04. The Morgan fingerprint density at radius 3 is 2.38 bits per heavy atom. The Morgan fingerprint density at radius 2 is 1.71 bits per heavy atom. The Hall–Kier alpha value is -2.42. The van der Waals surface area contributed by atoms with E-state index in [-0.39, 0.29) is 0 Å². The summed E-state index contributed by atoms with van der Waals surface area (Å²) in [5, 5.41) is 0. The fraction of sp³-hybridized carbons (Fsp3) is 0.222. The van der Waals surface area contributed by atoms with Crippen molar-refractivity contribution in [2.75, 3.05) is 0 Å². The molecule has 0 aliphatic carbocycles. The Labute approximate surface area is 125 Å². The average Bonchev–Trinajstić information content (AvgIpc) is 2.75. The van der Waals surface area contributed by atoms with Crippen molar-refractivity contribution in [3.63, 3.8) is 0 Å². The Bertz CT molecular complexity index is 818. The van der Waals surface area contributed by atoms with Crippen LogP contribution < -0.4 is 0 Å². The fourth-order valence-electron chi connectivity index (χ4n) is 2.78. The van der Waals surface area contributed by atoms with Crippen LogP contribution in [-0.2, 0) is 7.05 Å². The summed E-state index contributed by atoms with van der Waals surface area (Å²) in [7, 11) is 2.02. The fourth-order valence-corrected chi connectivity index (χ4v) is 2.78. The van der Waals surface area contributed by atoms with Gasteiger partial charge in [0.2, 0.25) is 0 Å². The molecule has 0 radical (unpaired) electrons. The standard InChI is InChI=1S/C18H19N3/c1-12-9-13(2)18(14(3)10-12)19-11-17-20-15-7-5-6-8-16(15)21(17)4/h5-11H,1-4H3/b19-11+. The highest BCUT2D eigenvalue weighted by Crippen LogP contribution is 2.25. The van der Waals surface area contributed by atoms with Crippen LogP contribution in [0.1, 0.15) is 22.5 Å². The predicted octanol–water partition coefficient (Wildman–Crippen LogP) is 4.25. The van der Waals surface area contributed by atoms with E-state index in [1.807, 2.05) is 31.5 Å². The summed E-state index contributed by atoms with van der Waals surface area (Å²) in [6.45, 7) is 6.31. The molecule has 1 aromatic heterocycles. The van der Waals surface area contributed by atoms with E-state index in [1.54, 1.807) is 0 Å². The molecule has 0 unspecified atom stereocenters. The molecule has 0 fully saturated rings. The molecule has 0 saturated carbocycles. The molecule has 2 aromatic carbocycles. The highest BCUT2D eigenvalue weighted by Gasteiger charge is 2.06. The van der Waals surface area contributed by atoms with Crippen LogP contribution in [-0.4, -0.2) is 15.8 Å². The second-order valence-electron chi connectivity index (χ2n) is 5.52. The third kappa shape index (κ3) is 2.47. The smallest absolute Gasteiger partial charge is 0.152 e. The van der Waals surface area contributed by atoms with Gasteiger partial charge in [0.1, 0.15) is 0 Å². The van der Waals surface area contributed by atoms with Crippen molar-refractivity contribution in [2.24, 2.45) is 12.0 Å². The zero-order valence-corrected chi connectivity index (χ0v) is 12.9. The number of aliphatic imine (C=N–C) groups is 1. The van der Waals surface area contributed by atoms with Gasteiger partial charge < -0.3 is 4.57 Å². The summed E-state index contributed by atoms with van der Waals surface area (Å²) >= 11 is 0. The lowest BCUT2D eigenvalue weighted by atomic mass is 10.1. The number of hydrogen-bond acceptors (Lipinski definition) is 2. The van der Waals surface area contributed by atoms with Gasteiger partial charge in [-0.1, -0.05) is 29.8 Å². The van der Waals surface area contributed by atoms with Crippen molar-refractivity contribution >= 4 is 22.9 Å². The lowest BCUT2D eigenvalue weighted by molar-refractivity contribution is 0.934. The molecule has 0 bridgehead atoms. The molecule has 0 atom stereocenters. The number of hydrogen-bond donors (Lipinski definition) is 0. The van der Waals surface area contributed by atoms with Gasteiger partial charge in [0.05, 0.1) is 22.9 Å². The quantitative estimate of drug-likeness (QED) is 0.644. The molecular weight excluding hydrogens is 258 g/mol. The molecule has 0 saturated heterocycles. The number of nitrogens with zero attached hydrogens (tertiary/aromatic N) is 3. The minimum atomic E-state index is 0.871. The van der Waals surface area contributed by atoms with Crippen LogP contribution in [0.3, 0.4) is 0 Å². The van der Waals surface area contributed by atoms with E-state index in [0.29, 0.717) is 0 Å². The molecule has 106 valence electrons. The highest BCUT2D eigenvalue weighted by molar-refractivity contribution is 5.86. The minimum Gasteiger partial charge on any atom is -0.326 e. The molecule has 0 N–H and O–H groups in total. The first kappa shape index (κ1) is 13.6. The third-order valence-corrected chi connectivity index (χ3v) is 3.77. The predicted molar refractivity (Wildman–Crippen MR) is 88.6 cm³/mol. The first-order chi connectivity index (χ1) is 10.1. The molecule has 3 aromatic rings. The number of rotatable bonds is 2. The molecule has 3 nitrogen and oxygen atoms in total. The first-order valence-corrected chi connectivity index (χ1v) is 7.09. The largest absolute Gasteiger partial charge is 0.326 e. The molecule has 0 spiro atoms. The van der Waals surface area contributed by atoms with Gasteiger partial charge in [0, 0.05) is 7.05 Å². The maximum Gasteiger partial charge on any atom is 0.152 e. The van der Waals surface area contributed by atoms with E-state index >= 15 is 0 Å². The Kier molecular flexibility index (Phi) is 3.34. The van der Waals surface area contributed by atoms with Gasteiger partial charge in [-0.2, -0.15) is 0 Å². The van der Waals surface area contributed by atoms with E-state index < -0.39 is 0 Å². The molecule has 3 rings (SSSR count). The van der Waals surface area contributed by atoms with Crippen LogP contribution in [0.4, 0.5) is 5.69 Å². The molecule has 1 heterocycles. The molecule has 0 aliphatic rings. The molecule has 0 aliphatic heterocycles. The summed E-state index contributed by atoms with van der Waals surface area (Å²) in [6.07, 6.45) is 1.85. The molecular formula is C18H19N3. The van der Waals surface area contributed by atoms with Crippen molar-refractivity contribution in [1.29, 1.82) is 0 Å². The second-order valence-corrected chi connectivity index (χ2v) is 5.52. The number of benzene rings is 2. The summed E-state index contributed by atoms with van der Waals surface area (Å²) in [5.41, 5.74) is 6.82. The third-order valence-electron chi connectivity index (χ3n) is 3.77. The van der Waals surface area contributed by atoms with Gasteiger partial charge in [-0.05, 0) is 44.0 Å². The first-order valence-electron chi connectivity index (χ1n) is 7.09. The maximum absolute atomic E-state index is 4.66. The lowest BCUT2D eigenvalue weighted by Gasteiger charge is -2.06. The monoisotopic (exact) mass is 277 g/mol. The second kappa shape index (κ2) is 5.17. The summed E-state index contributed by atoms with van der Waals surface area (Å²) in [5.74, 6) is 0.871. The summed E-state index contributed by atoms with van der Waals surface area (Å²) in [4.78, 5) is 9.28. The number of aryl methyl sites for hydroxylation is 4.